The van der Waals surface area contributed by atoms with Crippen LogP contribution in [0.4, 0.5) is 11.5 Å². The Hall–Kier alpha value is -1.29. The summed E-state index contributed by atoms with van der Waals surface area (Å²) in [5.41, 5.74) is 6.53. The van der Waals surface area contributed by atoms with Crippen LogP contribution in [0, 0.1) is 5.92 Å². The van der Waals surface area contributed by atoms with Gasteiger partial charge in [-0.3, -0.25) is 0 Å². The maximum absolute atomic E-state index is 10.7. The van der Waals surface area contributed by atoms with Crippen LogP contribution in [0.15, 0.2) is 18.3 Å². The molecular formula is C14H21N3O. The second kappa shape index (κ2) is 4.43. The maximum Gasteiger partial charge on any atom is 0.146 e. The molecule has 4 nitrogen and oxygen atoms in total. The highest BCUT2D eigenvalue weighted by molar-refractivity contribution is 5.63. The SMILES string of the molecule is Nc1ncccc1N1CCC2(O)CCCCC2C1. The van der Waals surface area contributed by atoms with Crippen molar-refractivity contribution in [3.8, 4) is 0 Å². The summed E-state index contributed by atoms with van der Waals surface area (Å²) >= 11 is 0. The Balaban J connectivity index is 1.80. The minimum Gasteiger partial charge on any atom is -0.389 e. The topological polar surface area (TPSA) is 62.4 Å². The number of pyridine rings is 1. The highest BCUT2D eigenvalue weighted by Gasteiger charge is 2.42. The zero-order chi connectivity index (χ0) is 12.6. The summed E-state index contributed by atoms with van der Waals surface area (Å²) in [6, 6.07) is 3.95. The molecule has 1 saturated heterocycles. The number of fused-ring (bicyclic) bond motifs is 1. The zero-order valence-electron chi connectivity index (χ0n) is 10.7. The predicted molar refractivity (Wildman–Crippen MR) is 72.4 cm³/mol. The molecule has 2 fully saturated rings. The van der Waals surface area contributed by atoms with Gasteiger partial charge in [-0.1, -0.05) is 12.8 Å². The van der Waals surface area contributed by atoms with Gasteiger partial charge in [-0.15, -0.1) is 0 Å². The Kier molecular flexibility index (Phi) is 2.90. The maximum atomic E-state index is 10.7. The number of anilines is 2. The summed E-state index contributed by atoms with van der Waals surface area (Å²) in [4.78, 5) is 6.43. The third-order valence-corrected chi connectivity index (χ3v) is 4.58. The number of piperidine rings is 1. The van der Waals surface area contributed by atoms with E-state index in [4.69, 9.17) is 5.73 Å². The molecule has 1 aromatic heterocycles. The first-order valence-corrected chi connectivity index (χ1v) is 6.87. The van der Waals surface area contributed by atoms with Crippen LogP contribution in [0.3, 0.4) is 0 Å². The lowest BCUT2D eigenvalue weighted by Crippen LogP contribution is -2.53. The highest BCUT2D eigenvalue weighted by atomic mass is 16.3. The van der Waals surface area contributed by atoms with Gasteiger partial charge in [0.25, 0.3) is 0 Å². The molecule has 1 aromatic rings. The van der Waals surface area contributed by atoms with Gasteiger partial charge in [-0.2, -0.15) is 0 Å². The van der Waals surface area contributed by atoms with Gasteiger partial charge >= 0.3 is 0 Å². The molecule has 0 bridgehead atoms. The van der Waals surface area contributed by atoms with Crippen molar-refractivity contribution in [1.29, 1.82) is 0 Å². The van der Waals surface area contributed by atoms with Crippen molar-refractivity contribution in [1.82, 2.24) is 4.98 Å². The van der Waals surface area contributed by atoms with E-state index >= 15 is 0 Å². The Bertz CT molecular complexity index is 437. The van der Waals surface area contributed by atoms with Gasteiger partial charge in [0.1, 0.15) is 5.82 Å². The van der Waals surface area contributed by atoms with Crippen LogP contribution in [-0.2, 0) is 0 Å². The molecule has 1 saturated carbocycles. The molecule has 0 amide bonds. The van der Waals surface area contributed by atoms with Gasteiger partial charge in [0.2, 0.25) is 0 Å². The summed E-state index contributed by atoms with van der Waals surface area (Å²) in [7, 11) is 0. The van der Waals surface area contributed by atoms with Gasteiger partial charge in [0, 0.05) is 25.2 Å². The molecule has 0 aromatic carbocycles. The van der Waals surface area contributed by atoms with Crippen LogP contribution < -0.4 is 10.6 Å². The van der Waals surface area contributed by atoms with Crippen LogP contribution in [-0.4, -0.2) is 28.8 Å². The summed E-state index contributed by atoms with van der Waals surface area (Å²) < 4.78 is 0. The van der Waals surface area contributed by atoms with Gasteiger partial charge in [-0.05, 0) is 31.4 Å². The fraction of sp³-hybridized carbons (Fsp3) is 0.643. The Labute approximate surface area is 108 Å². The van der Waals surface area contributed by atoms with E-state index < -0.39 is 5.60 Å². The number of nitrogens with zero attached hydrogens (tertiary/aromatic N) is 2. The highest BCUT2D eigenvalue weighted by Crippen LogP contribution is 2.41. The number of nitrogen functional groups attached to an aromatic ring is 1. The normalized spacial score (nSPS) is 32.1. The molecule has 98 valence electrons. The Morgan fingerprint density at radius 2 is 2.28 bits per heavy atom. The number of rotatable bonds is 1. The Morgan fingerprint density at radius 3 is 3.11 bits per heavy atom. The third kappa shape index (κ3) is 1.94. The zero-order valence-corrected chi connectivity index (χ0v) is 10.7. The first kappa shape index (κ1) is 11.8. The van der Waals surface area contributed by atoms with E-state index in [1.54, 1.807) is 6.20 Å². The van der Waals surface area contributed by atoms with Gasteiger partial charge in [0.05, 0.1) is 11.3 Å². The fourth-order valence-corrected chi connectivity index (χ4v) is 3.47. The second-order valence-electron chi connectivity index (χ2n) is 5.65. The molecule has 3 N–H and O–H groups in total. The van der Waals surface area contributed by atoms with Crippen LogP contribution in [0.5, 0.6) is 0 Å². The molecule has 3 rings (SSSR count). The summed E-state index contributed by atoms with van der Waals surface area (Å²) in [6.07, 6.45) is 7.08. The molecule has 2 unspecified atom stereocenters. The van der Waals surface area contributed by atoms with Crippen molar-refractivity contribution in [2.45, 2.75) is 37.7 Å². The number of aliphatic hydroxyl groups is 1. The summed E-state index contributed by atoms with van der Waals surface area (Å²) in [5.74, 6) is 0.985. The van der Waals surface area contributed by atoms with E-state index in [1.807, 2.05) is 12.1 Å². The minimum atomic E-state index is -0.425. The Morgan fingerprint density at radius 1 is 1.39 bits per heavy atom. The lowest BCUT2D eigenvalue weighted by Gasteiger charge is -2.48. The van der Waals surface area contributed by atoms with E-state index in [0.717, 1.165) is 38.0 Å². The number of hydrogen-bond donors (Lipinski definition) is 2. The van der Waals surface area contributed by atoms with E-state index in [0.29, 0.717) is 11.7 Å². The average Bonchev–Trinajstić information content (AvgIpc) is 2.38. The average molecular weight is 247 g/mol. The van der Waals surface area contributed by atoms with Crippen LogP contribution in [0.25, 0.3) is 0 Å². The second-order valence-corrected chi connectivity index (χ2v) is 5.65. The van der Waals surface area contributed by atoms with Crippen molar-refractivity contribution in [2.24, 2.45) is 5.92 Å². The van der Waals surface area contributed by atoms with Crippen molar-refractivity contribution in [3.63, 3.8) is 0 Å². The van der Waals surface area contributed by atoms with E-state index in [2.05, 4.69) is 9.88 Å². The van der Waals surface area contributed by atoms with Crippen molar-refractivity contribution in [3.05, 3.63) is 18.3 Å². The molecule has 1 aliphatic carbocycles. The first-order chi connectivity index (χ1) is 8.69. The van der Waals surface area contributed by atoms with Gasteiger partial charge in [0.15, 0.2) is 0 Å². The first-order valence-electron chi connectivity index (χ1n) is 6.87. The number of hydrogen-bond acceptors (Lipinski definition) is 4. The van der Waals surface area contributed by atoms with Crippen LogP contribution >= 0.6 is 0 Å². The van der Waals surface area contributed by atoms with Gasteiger partial charge < -0.3 is 15.7 Å². The fourth-order valence-electron chi connectivity index (χ4n) is 3.47. The third-order valence-electron chi connectivity index (χ3n) is 4.58. The molecular weight excluding hydrogens is 226 g/mol. The molecule has 2 heterocycles. The summed E-state index contributed by atoms with van der Waals surface area (Å²) in [6.45, 7) is 1.79. The number of aromatic nitrogens is 1. The predicted octanol–water partition coefficient (Wildman–Crippen LogP) is 1.80. The quantitative estimate of drug-likeness (QED) is 0.794. The van der Waals surface area contributed by atoms with E-state index in [-0.39, 0.29) is 0 Å². The molecule has 0 radical (unpaired) electrons. The van der Waals surface area contributed by atoms with Crippen molar-refractivity contribution >= 4 is 11.5 Å². The number of nitrogens with two attached hydrogens (primary N) is 1. The molecule has 0 spiro atoms. The molecule has 2 atom stereocenters. The largest absolute Gasteiger partial charge is 0.389 e. The summed E-state index contributed by atoms with van der Waals surface area (Å²) in [5, 5.41) is 10.7. The van der Waals surface area contributed by atoms with Crippen molar-refractivity contribution in [2.75, 3.05) is 23.7 Å². The molecule has 4 heteroatoms. The van der Waals surface area contributed by atoms with Gasteiger partial charge in [-0.25, -0.2) is 4.98 Å². The molecule has 18 heavy (non-hydrogen) atoms. The van der Waals surface area contributed by atoms with Crippen molar-refractivity contribution < 1.29 is 5.11 Å². The van der Waals surface area contributed by atoms with Crippen LogP contribution in [0.1, 0.15) is 32.1 Å². The molecule has 2 aliphatic rings. The lowest BCUT2D eigenvalue weighted by molar-refractivity contribution is -0.0612. The lowest BCUT2D eigenvalue weighted by atomic mass is 9.71. The minimum absolute atomic E-state index is 0.389. The smallest absolute Gasteiger partial charge is 0.146 e. The monoisotopic (exact) mass is 247 g/mol. The van der Waals surface area contributed by atoms with Crippen LogP contribution in [0.2, 0.25) is 0 Å². The van der Waals surface area contributed by atoms with E-state index in [1.165, 1.54) is 12.8 Å². The molecule has 1 aliphatic heterocycles. The standard InChI is InChI=1S/C14H21N3O/c15-13-12(5-3-8-16-13)17-9-7-14(18)6-2-1-4-11(14)10-17/h3,5,8,11,18H,1-2,4,6-7,9-10H2,(H2,15,16). The van der Waals surface area contributed by atoms with E-state index in [9.17, 15) is 5.11 Å².